The molecule has 2 aromatic rings. The van der Waals surface area contributed by atoms with Crippen molar-refractivity contribution in [2.75, 3.05) is 0 Å². The molecule has 3 nitrogen and oxygen atoms in total. The van der Waals surface area contributed by atoms with Gasteiger partial charge in [-0.1, -0.05) is 36.1 Å². The van der Waals surface area contributed by atoms with Crippen molar-refractivity contribution in [2.24, 2.45) is 0 Å². The Morgan fingerprint density at radius 1 is 1.24 bits per heavy atom. The molecule has 1 aliphatic heterocycles. The molecule has 0 radical (unpaired) electrons. The van der Waals surface area contributed by atoms with Crippen LogP contribution in [0.15, 0.2) is 57.2 Å². The van der Waals surface area contributed by atoms with Gasteiger partial charge in [0.1, 0.15) is 11.9 Å². The number of hydrogen-bond acceptors (Lipinski definition) is 4. The van der Waals surface area contributed by atoms with Gasteiger partial charge in [-0.25, -0.2) is 4.39 Å². The average molecular weight is 510 g/mol. The molecular formula is C25H23F4NO2S2. The van der Waals surface area contributed by atoms with E-state index >= 15 is 0 Å². The molecule has 1 aromatic heterocycles. The van der Waals surface area contributed by atoms with E-state index in [1.807, 2.05) is 32.1 Å². The number of benzene rings is 1. The van der Waals surface area contributed by atoms with Crippen LogP contribution < -0.4 is 5.56 Å². The van der Waals surface area contributed by atoms with Crippen LogP contribution in [0.5, 0.6) is 0 Å². The zero-order valence-electron chi connectivity index (χ0n) is 18.8. The van der Waals surface area contributed by atoms with Crippen LogP contribution >= 0.6 is 23.5 Å². The van der Waals surface area contributed by atoms with E-state index in [1.165, 1.54) is 22.4 Å². The van der Waals surface area contributed by atoms with Gasteiger partial charge in [0.2, 0.25) is 5.12 Å². The maximum absolute atomic E-state index is 14.6. The van der Waals surface area contributed by atoms with Gasteiger partial charge in [0.15, 0.2) is 0 Å². The third-order valence-electron chi connectivity index (χ3n) is 5.99. The van der Waals surface area contributed by atoms with E-state index in [2.05, 4.69) is 0 Å². The first-order chi connectivity index (χ1) is 15.9. The van der Waals surface area contributed by atoms with Crippen molar-refractivity contribution in [3.05, 3.63) is 85.8 Å². The molecular weight excluding hydrogens is 486 g/mol. The van der Waals surface area contributed by atoms with Gasteiger partial charge >= 0.3 is 6.18 Å². The molecule has 0 saturated heterocycles. The fourth-order valence-electron chi connectivity index (χ4n) is 4.35. The molecule has 0 bridgehead atoms. The number of thioether (sulfide) groups is 2. The van der Waals surface area contributed by atoms with Crippen molar-refractivity contribution in [1.82, 2.24) is 4.57 Å². The highest BCUT2D eigenvalue weighted by atomic mass is 32.2. The van der Waals surface area contributed by atoms with Gasteiger partial charge < -0.3 is 0 Å². The minimum Gasteiger partial charge on any atom is -0.290 e. The third kappa shape index (κ3) is 4.64. The Balaban J connectivity index is 1.81. The van der Waals surface area contributed by atoms with E-state index < -0.39 is 39.5 Å². The number of aryl methyl sites for hydroxylation is 1. The highest BCUT2D eigenvalue weighted by Gasteiger charge is 2.47. The normalized spacial score (nSPS) is 19.1. The predicted molar refractivity (Wildman–Crippen MR) is 128 cm³/mol. The van der Waals surface area contributed by atoms with Gasteiger partial charge in [-0.2, -0.15) is 13.2 Å². The van der Waals surface area contributed by atoms with E-state index in [-0.39, 0.29) is 11.5 Å². The summed E-state index contributed by atoms with van der Waals surface area (Å²) in [6.07, 6.45) is 2.51. The molecule has 0 fully saturated rings. The summed E-state index contributed by atoms with van der Waals surface area (Å²) in [6.45, 7) is 5.30. The standard InChI is InChI=1S/C25H23F4NO2S2/c1-14-12-20(31)30-21(23(32)33-15-8-5-4-6-9-15)24(2,3)34-22(30)16(14)13-17-18(25(27,28)29)10-7-11-19(17)26/h5,7-12,21H,4,6,13H2,1-3H3. The second-order valence-electron chi connectivity index (χ2n) is 8.88. The van der Waals surface area contributed by atoms with Crippen LogP contribution in [0.1, 0.15) is 55.0 Å². The summed E-state index contributed by atoms with van der Waals surface area (Å²) in [5.74, 6) is -0.958. The number of pyridine rings is 1. The number of allylic oxidation sites excluding steroid dienone is 3. The molecule has 9 heteroatoms. The van der Waals surface area contributed by atoms with Crippen molar-refractivity contribution >= 4 is 28.6 Å². The fraction of sp³-hybridized carbons (Fsp3) is 0.360. The lowest BCUT2D eigenvalue weighted by molar-refractivity contribution is -0.138. The largest absolute Gasteiger partial charge is 0.416 e. The first-order valence-corrected chi connectivity index (χ1v) is 12.4. The topological polar surface area (TPSA) is 39.1 Å². The molecule has 34 heavy (non-hydrogen) atoms. The minimum atomic E-state index is -4.72. The molecule has 0 N–H and O–H groups in total. The summed E-state index contributed by atoms with van der Waals surface area (Å²) in [4.78, 5) is 27.2. The van der Waals surface area contributed by atoms with Crippen LogP contribution in [-0.2, 0) is 17.4 Å². The van der Waals surface area contributed by atoms with Gasteiger partial charge in [0.25, 0.3) is 5.56 Å². The second kappa shape index (κ2) is 9.07. The van der Waals surface area contributed by atoms with Crippen molar-refractivity contribution in [2.45, 2.75) is 62.0 Å². The number of carbonyl (C=O) groups excluding carboxylic acids is 1. The zero-order chi connectivity index (χ0) is 24.8. The zero-order valence-corrected chi connectivity index (χ0v) is 20.5. The number of alkyl halides is 3. The molecule has 1 atom stereocenters. The lowest BCUT2D eigenvalue weighted by Gasteiger charge is -2.25. The van der Waals surface area contributed by atoms with Crippen LogP contribution in [0.4, 0.5) is 17.6 Å². The van der Waals surface area contributed by atoms with Gasteiger partial charge in [-0.3, -0.25) is 14.2 Å². The monoisotopic (exact) mass is 509 g/mol. The van der Waals surface area contributed by atoms with Crippen LogP contribution in [-0.4, -0.2) is 14.4 Å². The number of aromatic nitrogens is 1. The number of hydrogen-bond donors (Lipinski definition) is 0. The molecule has 0 amide bonds. The van der Waals surface area contributed by atoms with Crippen LogP contribution in [0.25, 0.3) is 0 Å². The Hall–Kier alpha value is -2.26. The molecule has 1 aliphatic carbocycles. The smallest absolute Gasteiger partial charge is 0.290 e. The van der Waals surface area contributed by atoms with Crippen molar-refractivity contribution < 1.29 is 22.4 Å². The lowest BCUT2D eigenvalue weighted by atomic mass is 9.96. The van der Waals surface area contributed by atoms with E-state index in [9.17, 15) is 27.2 Å². The Morgan fingerprint density at radius 3 is 2.62 bits per heavy atom. The van der Waals surface area contributed by atoms with Crippen molar-refractivity contribution in [1.29, 1.82) is 0 Å². The Kier molecular flexibility index (Phi) is 6.63. The SMILES string of the molecule is Cc1cc(=O)n2c(c1Cc1c(F)cccc1C(F)(F)F)SC(C)(C)C2C(=O)SC1=CCCC=C1. The van der Waals surface area contributed by atoms with E-state index in [4.69, 9.17) is 0 Å². The number of fused-ring (bicyclic) bond motifs is 1. The van der Waals surface area contributed by atoms with Gasteiger partial charge in [-0.15, -0.1) is 0 Å². The molecule has 4 rings (SSSR count). The molecule has 180 valence electrons. The Morgan fingerprint density at radius 2 is 1.97 bits per heavy atom. The predicted octanol–water partition coefficient (Wildman–Crippen LogP) is 6.82. The summed E-state index contributed by atoms with van der Waals surface area (Å²) in [6, 6.07) is 3.39. The van der Waals surface area contributed by atoms with Gasteiger partial charge in [0.05, 0.1) is 10.6 Å². The summed E-state index contributed by atoms with van der Waals surface area (Å²) >= 11 is 2.34. The lowest BCUT2D eigenvalue weighted by Crippen LogP contribution is -2.36. The summed E-state index contributed by atoms with van der Waals surface area (Å²) in [5, 5.41) is 0.200. The number of nitrogens with zero attached hydrogens (tertiary/aromatic N) is 1. The van der Waals surface area contributed by atoms with Crippen molar-refractivity contribution in [3.8, 4) is 0 Å². The molecule has 2 aliphatic rings. The number of carbonyl (C=O) groups is 1. The number of rotatable bonds is 4. The van der Waals surface area contributed by atoms with E-state index in [1.54, 1.807) is 6.92 Å². The van der Waals surface area contributed by atoms with Gasteiger partial charge in [0, 0.05) is 27.7 Å². The first-order valence-electron chi connectivity index (χ1n) is 10.8. The molecule has 0 saturated carbocycles. The molecule has 2 heterocycles. The Bertz CT molecular complexity index is 1270. The minimum absolute atomic E-state index is 0.215. The van der Waals surface area contributed by atoms with E-state index in [0.717, 1.165) is 47.7 Å². The first kappa shape index (κ1) is 24.9. The summed E-state index contributed by atoms with van der Waals surface area (Å²) < 4.78 is 56.1. The molecule has 1 aromatic carbocycles. The third-order valence-corrected chi connectivity index (χ3v) is 8.34. The van der Waals surface area contributed by atoms with Gasteiger partial charge in [-0.05, 0) is 68.6 Å². The highest BCUT2D eigenvalue weighted by molar-refractivity contribution is 8.17. The maximum atomic E-state index is 14.6. The molecule has 0 spiro atoms. The molecule has 1 unspecified atom stereocenters. The Labute approximate surface area is 203 Å². The van der Waals surface area contributed by atoms with Crippen LogP contribution in [0, 0.1) is 12.7 Å². The maximum Gasteiger partial charge on any atom is 0.416 e. The second-order valence-corrected chi connectivity index (χ2v) is 11.6. The number of halogens is 4. The van der Waals surface area contributed by atoms with Crippen LogP contribution in [0.3, 0.4) is 0 Å². The summed E-state index contributed by atoms with van der Waals surface area (Å²) in [7, 11) is 0. The van der Waals surface area contributed by atoms with Crippen molar-refractivity contribution in [3.63, 3.8) is 0 Å². The average Bonchev–Trinajstić information content (AvgIpc) is 3.03. The fourth-order valence-corrected chi connectivity index (χ4v) is 7.01. The quantitative estimate of drug-likeness (QED) is 0.424. The summed E-state index contributed by atoms with van der Waals surface area (Å²) in [5.41, 5.74) is -1.02. The highest BCUT2D eigenvalue weighted by Crippen LogP contribution is 2.52. The van der Waals surface area contributed by atoms with E-state index in [0.29, 0.717) is 16.2 Å². The van der Waals surface area contributed by atoms with Crippen LogP contribution in [0.2, 0.25) is 0 Å².